The molecule has 0 radical (unpaired) electrons. The van der Waals surface area contributed by atoms with E-state index in [0.29, 0.717) is 19.3 Å². The molecule has 0 aromatic rings. The number of carboxylic acid groups (broad SMARTS) is 3. The van der Waals surface area contributed by atoms with Crippen LogP contribution in [0.15, 0.2) is 0 Å². The molecule has 59 heavy (non-hydrogen) atoms. The molecule has 0 amide bonds. The van der Waals surface area contributed by atoms with Gasteiger partial charge in [-0.25, -0.2) is 0 Å². The normalized spacial score (nSPS) is 11.9. The molecule has 0 spiro atoms. The van der Waals surface area contributed by atoms with Crippen LogP contribution in [0.5, 0.6) is 0 Å². The number of aliphatic carboxylic acids is 3. The largest absolute Gasteiger partial charge is 0.481 e. The first-order valence-electron chi connectivity index (χ1n) is 25.6. The topological polar surface area (TPSA) is 152 Å². The van der Waals surface area contributed by atoms with E-state index in [1.807, 2.05) is 0 Å². The zero-order valence-electron chi connectivity index (χ0n) is 39.5. The van der Waals surface area contributed by atoms with Gasteiger partial charge in [0.2, 0.25) is 0 Å². The number of unbranched alkanes of at least 4 members (excludes halogenated alkanes) is 35. The third kappa shape index (κ3) is 60.7. The van der Waals surface area contributed by atoms with Crippen LogP contribution >= 0.6 is 0 Å². The van der Waals surface area contributed by atoms with Crippen LogP contribution in [-0.2, 0) is 14.4 Å². The van der Waals surface area contributed by atoms with Gasteiger partial charge in [-0.15, -0.1) is 0 Å². The van der Waals surface area contributed by atoms with Gasteiger partial charge in [-0.2, -0.15) is 0 Å². The number of aliphatic hydroxyl groups excluding tert-OH is 2. The number of carboxylic acids is 3. The fourth-order valence-corrected chi connectivity index (χ4v) is 7.56. The number of carbonyl (C=O) groups is 3. The van der Waals surface area contributed by atoms with Crippen LogP contribution in [0.1, 0.15) is 290 Å². The number of rotatable bonds is 45. The first-order valence-corrected chi connectivity index (χ1v) is 25.6. The second-order valence-corrected chi connectivity index (χ2v) is 17.6. The van der Waals surface area contributed by atoms with Crippen molar-refractivity contribution < 1.29 is 39.9 Å². The number of hydrogen-bond donors (Lipinski definition) is 5. The Morgan fingerprint density at radius 1 is 0.356 bits per heavy atom. The fraction of sp³-hybridized carbons (Fsp3) is 0.941. The second-order valence-electron chi connectivity index (χ2n) is 17.6. The molecule has 0 heterocycles. The zero-order chi connectivity index (χ0) is 44.3. The summed E-state index contributed by atoms with van der Waals surface area (Å²) < 4.78 is 0. The van der Waals surface area contributed by atoms with E-state index in [0.717, 1.165) is 38.5 Å². The van der Waals surface area contributed by atoms with Gasteiger partial charge in [0.05, 0.1) is 18.6 Å². The van der Waals surface area contributed by atoms with E-state index >= 15 is 0 Å². The van der Waals surface area contributed by atoms with E-state index in [1.54, 1.807) is 0 Å². The third-order valence-corrected chi connectivity index (χ3v) is 11.5. The summed E-state index contributed by atoms with van der Waals surface area (Å²) in [6, 6.07) is 0. The maximum Gasteiger partial charge on any atom is 0.306 e. The van der Waals surface area contributed by atoms with E-state index < -0.39 is 29.9 Å². The minimum Gasteiger partial charge on any atom is -0.481 e. The smallest absolute Gasteiger partial charge is 0.306 e. The van der Waals surface area contributed by atoms with Crippen molar-refractivity contribution in [2.24, 2.45) is 5.92 Å². The van der Waals surface area contributed by atoms with Crippen molar-refractivity contribution in [2.75, 3.05) is 6.61 Å². The molecular formula is C51H102O8. The first-order chi connectivity index (χ1) is 28.7. The van der Waals surface area contributed by atoms with Gasteiger partial charge in [-0.1, -0.05) is 252 Å². The molecule has 0 aliphatic rings. The van der Waals surface area contributed by atoms with Gasteiger partial charge in [0.1, 0.15) is 0 Å². The fourth-order valence-electron chi connectivity index (χ4n) is 7.56. The van der Waals surface area contributed by atoms with Crippen LogP contribution in [0.3, 0.4) is 0 Å². The van der Waals surface area contributed by atoms with E-state index in [4.69, 9.17) is 20.4 Å². The SMILES string of the molecule is CCCCCCCCCCCCCCC(CC(O)CO)C(=O)O.CCCCCCCCCCCCCCCC(=O)O.CCCCCCCCCCCCCCCC(=O)O. The van der Waals surface area contributed by atoms with Crippen molar-refractivity contribution >= 4 is 17.9 Å². The summed E-state index contributed by atoms with van der Waals surface area (Å²) in [5, 5.41) is 44.2. The highest BCUT2D eigenvalue weighted by Crippen LogP contribution is 2.19. The molecule has 0 fully saturated rings. The Kier molecular flexibility index (Phi) is 56.8. The summed E-state index contributed by atoms with van der Waals surface area (Å²) in [4.78, 5) is 31.7. The van der Waals surface area contributed by atoms with Crippen LogP contribution < -0.4 is 0 Å². The quantitative estimate of drug-likeness (QED) is 0.0380. The Morgan fingerprint density at radius 3 is 0.780 bits per heavy atom. The van der Waals surface area contributed by atoms with Gasteiger partial charge >= 0.3 is 17.9 Å². The lowest BCUT2D eigenvalue weighted by Gasteiger charge is -2.15. The minimum atomic E-state index is -0.909. The molecule has 2 unspecified atom stereocenters. The molecule has 0 aliphatic carbocycles. The summed E-state index contributed by atoms with van der Waals surface area (Å²) in [6.45, 7) is 6.41. The lowest BCUT2D eigenvalue weighted by molar-refractivity contribution is -0.143. The number of aliphatic hydroxyl groups is 2. The third-order valence-electron chi connectivity index (χ3n) is 11.5. The highest BCUT2D eigenvalue weighted by Gasteiger charge is 2.20. The molecule has 0 aliphatic heterocycles. The molecule has 5 N–H and O–H groups in total. The predicted molar refractivity (Wildman–Crippen MR) is 250 cm³/mol. The number of hydrogen-bond acceptors (Lipinski definition) is 5. The predicted octanol–water partition coefficient (Wildman–Crippen LogP) is 15.6. The van der Waals surface area contributed by atoms with E-state index in [9.17, 15) is 19.5 Å². The highest BCUT2D eigenvalue weighted by molar-refractivity contribution is 5.70. The molecule has 0 saturated carbocycles. The monoisotopic (exact) mass is 843 g/mol. The zero-order valence-corrected chi connectivity index (χ0v) is 39.5. The first kappa shape index (κ1) is 61.6. The Labute approximate surface area is 365 Å². The summed E-state index contributed by atoms with van der Waals surface area (Å²) in [7, 11) is 0. The Morgan fingerprint density at radius 2 is 0.576 bits per heavy atom. The van der Waals surface area contributed by atoms with Gasteiger partial charge in [0.15, 0.2) is 0 Å². The van der Waals surface area contributed by atoms with Crippen LogP contribution in [0, 0.1) is 5.92 Å². The summed E-state index contributed by atoms with van der Waals surface area (Å²) in [5.74, 6) is -2.70. The minimum absolute atomic E-state index is 0.157. The van der Waals surface area contributed by atoms with Crippen LogP contribution in [-0.4, -0.2) is 56.2 Å². The molecule has 2 atom stereocenters. The maximum absolute atomic E-state index is 11.1. The van der Waals surface area contributed by atoms with Crippen molar-refractivity contribution in [2.45, 2.75) is 297 Å². The molecule has 8 heteroatoms. The van der Waals surface area contributed by atoms with Crippen LogP contribution in [0.25, 0.3) is 0 Å². The van der Waals surface area contributed by atoms with Gasteiger partial charge in [-0.3, -0.25) is 14.4 Å². The molecule has 0 aromatic heterocycles. The van der Waals surface area contributed by atoms with Crippen LogP contribution in [0.4, 0.5) is 0 Å². The molecule has 0 bridgehead atoms. The van der Waals surface area contributed by atoms with E-state index in [2.05, 4.69) is 20.8 Å². The average molecular weight is 843 g/mol. The molecule has 354 valence electrons. The van der Waals surface area contributed by atoms with Crippen LogP contribution in [0.2, 0.25) is 0 Å². The second kappa shape index (κ2) is 54.3. The Hall–Kier alpha value is -1.67. The lowest BCUT2D eigenvalue weighted by Crippen LogP contribution is -2.23. The molecule has 0 rings (SSSR count). The van der Waals surface area contributed by atoms with Gasteiger partial charge in [-0.05, 0) is 25.7 Å². The van der Waals surface area contributed by atoms with Crippen molar-refractivity contribution in [1.29, 1.82) is 0 Å². The standard InChI is InChI=1S/C19H38O4.2C16H32O2/c1-2-3-4-5-6-7-8-9-10-11-12-13-14-17(19(22)23)15-18(21)16-20;2*1-2-3-4-5-6-7-8-9-10-11-12-13-14-15-16(17)18/h17-18,20-21H,2-16H2,1H3,(H,22,23);2*2-15H2,1H3,(H,17,18). The van der Waals surface area contributed by atoms with E-state index in [-0.39, 0.29) is 13.0 Å². The van der Waals surface area contributed by atoms with Crippen molar-refractivity contribution in [3.63, 3.8) is 0 Å². The highest BCUT2D eigenvalue weighted by atomic mass is 16.4. The lowest BCUT2D eigenvalue weighted by atomic mass is 9.94. The Balaban J connectivity index is -0.000000807. The average Bonchev–Trinajstić information content (AvgIpc) is 3.21. The summed E-state index contributed by atoms with van der Waals surface area (Å²) in [5.41, 5.74) is 0. The molecule has 8 nitrogen and oxygen atoms in total. The van der Waals surface area contributed by atoms with Crippen molar-refractivity contribution in [1.82, 2.24) is 0 Å². The van der Waals surface area contributed by atoms with Gasteiger partial charge in [0, 0.05) is 12.8 Å². The summed E-state index contributed by atoms with van der Waals surface area (Å²) in [6.07, 6.45) is 49.5. The Bertz CT molecular complexity index is 795. The molecular weight excluding hydrogens is 741 g/mol. The van der Waals surface area contributed by atoms with Gasteiger partial charge < -0.3 is 25.5 Å². The van der Waals surface area contributed by atoms with E-state index in [1.165, 1.54) is 205 Å². The van der Waals surface area contributed by atoms with Crippen molar-refractivity contribution in [3.8, 4) is 0 Å². The maximum atomic E-state index is 11.1. The summed E-state index contributed by atoms with van der Waals surface area (Å²) >= 11 is 0. The van der Waals surface area contributed by atoms with Gasteiger partial charge in [0.25, 0.3) is 0 Å². The van der Waals surface area contributed by atoms with Crippen molar-refractivity contribution in [3.05, 3.63) is 0 Å². The molecule has 0 aromatic carbocycles. The molecule has 0 saturated heterocycles.